The molecule has 14 heteroatoms. The molecule has 2 bridgehead atoms. The molecule has 10 nitrogen and oxygen atoms in total. The van der Waals surface area contributed by atoms with Crippen molar-refractivity contribution in [2.24, 2.45) is 11.7 Å². The number of amides is 1. The first-order chi connectivity index (χ1) is 20.4. The van der Waals surface area contributed by atoms with Gasteiger partial charge in [-0.2, -0.15) is 13.2 Å². The second-order valence-corrected chi connectivity index (χ2v) is 10.4. The van der Waals surface area contributed by atoms with E-state index in [1.807, 2.05) is 0 Å². The highest BCUT2D eigenvalue weighted by Crippen LogP contribution is 2.31. The van der Waals surface area contributed by atoms with Crippen LogP contribution >= 0.6 is 11.6 Å². The topological polar surface area (TPSA) is 151 Å². The third-order valence-corrected chi connectivity index (χ3v) is 7.28. The molecule has 43 heavy (non-hydrogen) atoms. The SMILES string of the molecule is CN/C1=C(\C=N)NC(=O)C(C)CCCC(n2cnc(-c3cc(Cl)ccc3N/C=C(\N)C(F)(F)F)cc2=O)c2ccnc1c2. The van der Waals surface area contributed by atoms with E-state index >= 15 is 0 Å². The van der Waals surface area contributed by atoms with Crippen molar-refractivity contribution < 1.29 is 18.0 Å². The molecule has 2 unspecified atom stereocenters. The molecule has 3 heterocycles. The van der Waals surface area contributed by atoms with Crippen LogP contribution < -0.4 is 27.2 Å². The summed E-state index contributed by atoms with van der Waals surface area (Å²) in [6.07, 6.45) is 1.56. The summed E-state index contributed by atoms with van der Waals surface area (Å²) < 4.78 is 40.2. The van der Waals surface area contributed by atoms with Crippen LogP contribution in [0.3, 0.4) is 0 Å². The Kier molecular flexibility index (Phi) is 9.54. The molecule has 2 atom stereocenters. The molecule has 2 aromatic heterocycles. The highest BCUT2D eigenvalue weighted by Gasteiger charge is 2.31. The number of nitrogens with one attached hydrogen (secondary N) is 4. The third kappa shape index (κ3) is 7.23. The number of benzene rings is 1. The van der Waals surface area contributed by atoms with Crippen molar-refractivity contribution in [1.29, 1.82) is 5.41 Å². The first kappa shape index (κ1) is 31.3. The molecule has 1 aromatic carbocycles. The Bertz CT molecular complexity index is 1650. The number of hydrogen-bond donors (Lipinski definition) is 5. The minimum atomic E-state index is -4.72. The summed E-state index contributed by atoms with van der Waals surface area (Å²) in [5.74, 6) is -0.591. The van der Waals surface area contributed by atoms with E-state index in [1.165, 1.54) is 35.2 Å². The van der Waals surface area contributed by atoms with Crippen LogP contribution in [0.4, 0.5) is 18.9 Å². The number of rotatable bonds is 6. The number of allylic oxidation sites excluding steroid dienone is 2. The maximum Gasteiger partial charge on any atom is 0.432 e. The molecule has 1 amide bonds. The molecule has 1 aliphatic heterocycles. The minimum absolute atomic E-state index is 0.190. The van der Waals surface area contributed by atoms with Gasteiger partial charge in [-0.15, -0.1) is 0 Å². The second-order valence-electron chi connectivity index (χ2n) is 9.95. The molecule has 0 radical (unpaired) electrons. The van der Waals surface area contributed by atoms with E-state index in [2.05, 4.69) is 25.9 Å². The van der Waals surface area contributed by atoms with Crippen LogP contribution in [0.1, 0.15) is 43.5 Å². The number of nitrogens with zero attached hydrogens (tertiary/aromatic N) is 3. The van der Waals surface area contributed by atoms with Crippen molar-refractivity contribution in [3.63, 3.8) is 0 Å². The van der Waals surface area contributed by atoms with E-state index < -0.39 is 23.5 Å². The van der Waals surface area contributed by atoms with Crippen LogP contribution in [0.5, 0.6) is 0 Å². The predicted octanol–water partition coefficient (Wildman–Crippen LogP) is 4.80. The Morgan fingerprint density at radius 1 is 1.16 bits per heavy atom. The number of anilines is 1. The van der Waals surface area contributed by atoms with Crippen LogP contribution in [0.25, 0.3) is 17.0 Å². The van der Waals surface area contributed by atoms with Gasteiger partial charge in [0.1, 0.15) is 5.70 Å². The summed E-state index contributed by atoms with van der Waals surface area (Å²) in [5, 5.41) is 16.5. The van der Waals surface area contributed by atoms with Gasteiger partial charge in [0.2, 0.25) is 5.91 Å². The molecular formula is C29H30ClF3N8O2. The molecule has 3 aromatic rings. The van der Waals surface area contributed by atoms with Crippen molar-refractivity contribution in [3.8, 4) is 11.3 Å². The van der Waals surface area contributed by atoms with Gasteiger partial charge in [0.15, 0.2) is 0 Å². The Morgan fingerprint density at radius 2 is 1.93 bits per heavy atom. The van der Waals surface area contributed by atoms with Crippen molar-refractivity contribution >= 4 is 35.1 Å². The van der Waals surface area contributed by atoms with Gasteiger partial charge in [-0.1, -0.05) is 24.9 Å². The number of pyridine rings is 1. The van der Waals surface area contributed by atoms with Crippen LogP contribution in [0.2, 0.25) is 5.02 Å². The lowest BCUT2D eigenvalue weighted by atomic mass is 9.95. The average Bonchev–Trinajstić information content (AvgIpc) is 2.97. The zero-order valence-corrected chi connectivity index (χ0v) is 24.1. The average molecular weight is 615 g/mol. The summed E-state index contributed by atoms with van der Waals surface area (Å²) in [6.45, 7) is 1.80. The van der Waals surface area contributed by atoms with E-state index in [0.717, 1.165) is 11.8 Å². The summed E-state index contributed by atoms with van der Waals surface area (Å²) in [4.78, 5) is 35.3. The zero-order valence-electron chi connectivity index (χ0n) is 23.3. The fourth-order valence-electron chi connectivity index (χ4n) is 4.72. The number of alkyl halides is 3. The normalized spacial score (nSPS) is 20.0. The van der Waals surface area contributed by atoms with Gasteiger partial charge in [-0.3, -0.25) is 19.1 Å². The predicted molar refractivity (Wildman–Crippen MR) is 159 cm³/mol. The highest BCUT2D eigenvalue weighted by atomic mass is 35.5. The lowest BCUT2D eigenvalue weighted by molar-refractivity contribution is -0.123. The number of aromatic nitrogens is 3. The Hall–Kier alpha value is -4.65. The van der Waals surface area contributed by atoms with Gasteiger partial charge >= 0.3 is 6.18 Å². The lowest BCUT2D eigenvalue weighted by Gasteiger charge is -2.23. The first-order valence-corrected chi connectivity index (χ1v) is 13.7. The minimum Gasteiger partial charge on any atom is -0.394 e. The monoisotopic (exact) mass is 614 g/mol. The van der Waals surface area contributed by atoms with Gasteiger partial charge in [0, 0.05) is 53.9 Å². The van der Waals surface area contributed by atoms with Gasteiger partial charge in [0.25, 0.3) is 5.56 Å². The summed E-state index contributed by atoms with van der Waals surface area (Å²) in [7, 11) is 1.66. The van der Waals surface area contributed by atoms with E-state index in [1.54, 1.807) is 32.3 Å². The number of hydrogen-bond acceptors (Lipinski definition) is 8. The maximum atomic E-state index is 13.6. The summed E-state index contributed by atoms with van der Waals surface area (Å²) >= 11 is 6.17. The van der Waals surface area contributed by atoms with Gasteiger partial charge in [0.05, 0.1) is 35.2 Å². The molecular weight excluding hydrogens is 585 g/mol. The van der Waals surface area contributed by atoms with Crippen molar-refractivity contribution in [3.05, 3.63) is 93.2 Å². The molecule has 226 valence electrons. The van der Waals surface area contributed by atoms with E-state index in [0.29, 0.717) is 47.4 Å². The molecule has 1 aliphatic rings. The highest BCUT2D eigenvalue weighted by molar-refractivity contribution is 6.31. The van der Waals surface area contributed by atoms with E-state index in [9.17, 15) is 22.8 Å². The van der Waals surface area contributed by atoms with Crippen molar-refractivity contribution in [1.82, 2.24) is 25.2 Å². The van der Waals surface area contributed by atoms with E-state index in [-0.39, 0.29) is 28.9 Å². The molecule has 0 saturated carbocycles. The van der Waals surface area contributed by atoms with Crippen LogP contribution in [-0.2, 0) is 4.79 Å². The van der Waals surface area contributed by atoms with Crippen LogP contribution in [-0.4, -0.2) is 39.9 Å². The molecule has 6 N–H and O–H groups in total. The van der Waals surface area contributed by atoms with Gasteiger partial charge in [-0.05, 0) is 48.7 Å². The zero-order chi connectivity index (χ0) is 31.3. The van der Waals surface area contributed by atoms with Gasteiger partial charge in [-0.25, -0.2) is 4.98 Å². The second kappa shape index (κ2) is 13.1. The molecule has 0 saturated heterocycles. The fraction of sp³-hybridized carbons (Fsp3) is 0.276. The van der Waals surface area contributed by atoms with Gasteiger partial charge < -0.3 is 27.1 Å². The number of carbonyl (C=O) groups excluding carboxylic acids is 1. The first-order valence-electron chi connectivity index (χ1n) is 13.3. The Morgan fingerprint density at radius 3 is 2.60 bits per heavy atom. The Labute approximate surface area is 250 Å². The Balaban J connectivity index is 1.78. The fourth-order valence-corrected chi connectivity index (χ4v) is 4.89. The molecule has 0 aliphatic carbocycles. The standard InChI is InChI=1S/C29H30ClF3N8O2/c1-16-4-3-5-24(17-8-9-37-22(10-17)27(36-2)23(13-34)40-28(16)43)41-15-39-21(12-26(41)42)19-11-18(30)6-7-20(19)38-14-25(35)29(31,32)33/h6-16,24,34,36,38H,3-5,35H2,1-2H3,(H,40,43)/b25-14-,27-23+,34-13?. The quantitative estimate of drug-likeness (QED) is 0.250. The third-order valence-electron chi connectivity index (χ3n) is 7.05. The van der Waals surface area contributed by atoms with Crippen molar-refractivity contribution in [2.75, 3.05) is 12.4 Å². The number of nitrogens with two attached hydrogens (primary N) is 1. The van der Waals surface area contributed by atoms with E-state index in [4.69, 9.17) is 22.7 Å². The molecule has 4 rings (SSSR count). The van der Waals surface area contributed by atoms with Crippen molar-refractivity contribution in [2.45, 2.75) is 38.4 Å². The summed E-state index contributed by atoms with van der Waals surface area (Å²) in [5.41, 5.74) is 6.02. The molecule has 0 spiro atoms. The smallest absolute Gasteiger partial charge is 0.394 e. The summed E-state index contributed by atoms with van der Waals surface area (Å²) in [6, 6.07) is 8.81. The number of fused-ring (bicyclic) bond motifs is 2. The molecule has 0 fully saturated rings. The van der Waals surface area contributed by atoms with Crippen LogP contribution in [0, 0.1) is 11.3 Å². The number of carbonyl (C=O) groups is 1. The maximum absolute atomic E-state index is 13.6. The van der Waals surface area contributed by atoms with Crippen LogP contribution in [0.15, 0.2) is 71.3 Å². The largest absolute Gasteiger partial charge is 0.432 e. The number of halogens is 4. The lowest BCUT2D eigenvalue weighted by Crippen LogP contribution is -2.32.